The SMILES string of the molecule is CCOC(=O)C1=C(CP(=O)(c2ccccc2)c2ccccc2)NC(C)=C(C(=O)OC)C1c1ccc(C)cc1. The number of ether oxygens (including phenoxy) is 2. The molecule has 1 unspecified atom stereocenters. The second kappa shape index (κ2) is 11.7. The first-order chi connectivity index (χ1) is 18.3. The summed E-state index contributed by atoms with van der Waals surface area (Å²) in [6.07, 6.45) is 0.0450. The highest BCUT2D eigenvalue weighted by Crippen LogP contribution is 2.48. The van der Waals surface area contributed by atoms with Gasteiger partial charge in [0.15, 0.2) is 0 Å². The van der Waals surface area contributed by atoms with Gasteiger partial charge in [-0.05, 0) is 26.3 Å². The molecule has 196 valence electrons. The van der Waals surface area contributed by atoms with E-state index >= 15 is 0 Å². The van der Waals surface area contributed by atoms with Gasteiger partial charge in [-0.1, -0.05) is 90.5 Å². The van der Waals surface area contributed by atoms with E-state index in [1.54, 1.807) is 13.8 Å². The largest absolute Gasteiger partial charge is 0.466 e. The molecule has 1 aliphatic rings. The number of nitrogens with one attached hydrogen (secondary N) is 1. The van der Waals surface area contributed by atoms with Crippen LogP contribution < -0.4 is 15.9 Å². The fourth-order valence-electron chi connectivity index (χ4n) is 4.84. The molecule has 7 heteroatoms. The molecule has 0 saturated carbocycles. The number of aryl methyl sites for hydroxylation is 1. The lowest BCUT2D eigenvalue weighted by atomic mass is 9.80. The smallest absolute Gasteiger partial charge is 0.336 e. The number of benzene rings is 3. The Morgan fingerprint density at radius 2 is 1.37 bits per heavy atom. The maximum Gasteiger partial charge on any atom is 0.336 e. The summed E-state index contributed by atoms with van der Waals surface area (Å²) in [5.74, 6) is -1.86. The molecule has 0 fully saturated rings. The second-order valence-corrected chi connectivity index (χ2v) is 12.0. The van der Waals surface area contributed by atoms with Crippen molar-refractivity contribution >= 4 is 29.7 Å². The zero-order valence-corrected chi connectivity index (χ0v) is 23.0. The van der Waals surface area contributed by atoms with Crippen LogP contribution in [0.2, 0.25) is 0 Å². The zero-order chi connectivity index (χ0) is 27.3. The summed E-state index contributed by atoms with van der Waals surface area (Å²) in [5, 5.41) is 4.62. The predicted molar refractivity (Wildman–Crippen MR) is 150 cm³/mol. The summed E-state index contributed by atoms with van der Waals surface area (Å²) in [6.45, 7) is 5.63. The van der Waals surface area contributed by atoms with Crippen molar-refractivity contribution in [2.24, 2.45) is 0 Å². The van der Waals surface area contributed by atoms with Crippen molar-refractivity contribution < 1.29 is 23.6 Å². The molecule has 4 rings (SSSR count). The molecule has 0 bridgehead atoms. The summed E-state index contributed by atoms with van der Waals surface area (Å²) >= 11 is 0. The van der Waals surface area contributed by atoms with Crippen LogP contribution in [0.3, 0.4) is 0 Å². The van der Waals surface area contributed by atoms with Gasteiger partial charge in [0.25, 0.3) is 0 Å². The number of carbonyl (C=O) groups is 2. The average Bonchev–Trinajstić information content (AvgIpc) is 2.93. The van der Waals surface area contributed by atoms with Crippen LogP contribution in [0.4, 0.5) is 0 Å². The van der Waals surface area contributed by atoms with Gasteiger partial charge >= 0.3 is 11.9 Å². The maximum atomic E-state index is 14.9. The Morgan fingerprint density at radius 1 is 0.816 bits per heavy atom. The van der Waals surface area contributed by atoms with Crippen LogP contribution in [0.1, 0.15) is 30.9 Å². The molecule has 38 heavy (non-hydrogen) atoms. The van der Waals surface area contributed by atoms with Crippen LogP contribution >= 0.6 is 7.14 Å². The van der Waals surface area contributed by atoms with Gasteiger partial charge in [0.1, 0.15) is 7.14 Å². The Morgan fingerprint density at radius 3 is 1.87 bits per heavy atom. The molecule has 0 radical (unpaired) electrons. The lowest BCUT2D eigenvalue weighted by Gasteiger charge is -2.33. The number of hydrogen-bond acceptors (Lipinski definition) is 6. The number of methoxy groups -OCH3 is 1. The fourth-order valence-corrected chi connectivity index (χ4v) is 7.50. The summed E-state index contributed by atoms with van der Waals surface area (Å²) in [5.41, 5.74) is 3.37. The molecule has 0 saturated heterocycles. The van der Waals surface area contributed by atoms with E-state index in [1.807, 2.05) is 91.9 Å². The lowest BCUT2D eigenvalue weighted by Crippen LogP contribution is -2.35. The van der Waals surface area contributed by atoms with Crippen molar-refractivity contribution in [1.82, 2.24) is 5.32 Å². The molecular weight excluding hydrogens is 497 g/mol. The highest BCUT2D eigenvalue weighted by Gasteiger charge is 2.41. The molecule has 0 amide bonds. The predicted octanol–water partition coefficient (Wildman–Crippen LogP) is 4.96. The van der Waals surface area contributed by atoms with Crippen LogP contribution in [-0.2, 0) is 23.6 Å². The van der Waals surface area contributed by atoms with Crippen LogP contribution in [-0.4, -0.2) is 31.8 Å². The molecule has 3 aromatic carbocycles. The normalized spacial score (nSPS) is 15.6. The molecular formula is C31H32NO5P. The number of hydrogen-bond donors (Lipinski definition) is 1. The minimum Gasteiger partial charge on any atom is -0.466 e. The standard InChI is InChI=1S/C31H32NO5P/c1-5-37-31(34)29-26(20-38(35,24-12-8-6-9-13-24)25-14-10-7-11-15-25)32-22(3)27(30(33)36-4)28(29)23-18-16-21(2)17-19-23/h6-19,28,32H,5,20H2,1-4H3. The number of esters is 2. The van der Waals surface area contributed by atoms with Gasteiger partial charge in [-0.15, -0.1) is 0 Å². The molecule has 1 heterocycles. The van der Waals surface area contributed by atoms with E-state index in [2.05, 4.69) is 5.32 Å². The van der Waals surface area contributed by atoms with Crippen molar-refractivity contribution in [3.05, 3.63) is 119 Å². The number of rotatable bonds is 8. The Balaban J connectivity index is 1.97. The van der Waals surface area contributed by atoms with Crippen LogP contribution in [0.25, 0.3) is 0 Å². The molecule has 1 N–H and O–H groups in total. The maximum absolute atomic E-state index is 14.9. The van der Waals surface area contributed by atoms with Crippen molar-refractivity contribution in [1.29, 1.82) is 0 Å². The summed E-state index contributed by atoms with van der Waals surface area (Å²) in [7, 11) is -1.94. The highest BCUT2D eigenvalue weighted by molar-refractivity contribution is 7.78. The Kier molecular flexibility index (Phi) is 8.33. The lowest BCUT2D eigenvalue weighted by molar-refractivity contribution is -0.139. The van der Waals surface area contributed by atoms with Crippen molar-refractivity contribution in [3.8, 4) is 0 Å². The molecule has 3 aromatic rings. The Bertz CT molecular complexity index is 1380. The molecule has 0 aliphatic carbocycles. The van der Waals surface area contributed by atoms with Crippen molar-refractivity contribution in [2.75, 3.05) is 19.9 Å². The van der Waals surface area contributed by atoms with E-state index in [-0.39, 0.29) is 18.3 Å². The second-order valence-electron chi connectivity index (χ2n) is 9.18. The molecule has 0 spiro atoms. The van der Waals surface area contributed by atoms with Gasteiger partial charge in [0.05, 0.1) is 30.8 Å². The topological polar surface area (TPSA) is 81.7 Å². The molecule has 1 aliphatic heterocycles. The van der Waals surface area contributed by atoms with E-state index in [9.17, 15) is 14.2 Å². The van der Waals surface area contributed by atoms with E-state index < -0.39 is 25.0 Å². The van der Waals surface area contributed by atoms with Crippen molar-refractivity contribution in [3.63, 3.8) is 0 Å². The van der Waals surface area contributed by atoms with Gasteiger partial charge in [0, 0.05) is 28.2 Å². The quantitative estimate of drug-likeness (QED) is 0.328. The third kappa shape index (κ3) is 5.36. The Hall–Kier alpha value is -3.89. The third-order valence-electron chi connectivity index (χ3n) is 6.68. The first-order valence-electron chi connectivity index (χ1n) is 12.5. The van der Waals surface area contributed by atoms with Crippen molar-refractivity contribution in [2.45, 2.75) is 26.7 Å². The number of allylic oxidation sites excluding steroid dienone is 2. The number of dihydropyridines is 1. The fraction of sp³-hybridized carbons (Fsp3) is 0.226. The van der Waals surface area contributed by atoms with Gasteiger partial charge < -0.3 is 19.4 Å². The van der Waals surface area contributed by atoms with Gasteiger partial charge in [-0.25, -0.2) is 9.59 Å². The number of carbonyl (C=O) groups excluding carboxylic acids is 2. The zero-order valence-electron chi connectivity index (χ0n) is 22.1. The van der Waals surface area contributed by atoms with E-state index in [1.165, 1.54) is 7.11 Å². The average molecular weight is 530 g/mol. The highest BCUT2D eigenvalue weighted by atomic mass is 31.2. The summed E-state index contributed by atoms with van der Waals surface area (Å²) < 4.78 is 25.6. The van der Waals surface area contributed by atoms with Gasteiger partial charge in [-0.2, -0.15) is 0 Å². The monoisotopic (exact) mass is 529 g/mol. The molecule has 1 atom stereocenters. The summed E-state index contributed by atoms with van der Waals surface area (Å²) in [6, 6.07) is 26.2. The molecule has 6 nitrogen and oxygen atoms in total. The first kappa shape index (κ1) is 27.2. The third-order valence-corrected chi connectivity index (χ3v) is 9.71. The van der Waals surface area contributed by atoms with E-state index in [4.69, 9.17) is 9.47 Å². The summed E-state index contributed by atoms with van der Waals surface area (Å²) in [4.78, 5) is 26.6. The van der Waals surface area contributed by atoms with E-state index in [0.29, 0.717) is 27.6 Å². The van der Waals surface area contributed by atoms with E-state index in [0.717, 1.165) is 11.1 Å². The van der Waals surface area contributed by atoms with Crippen LogP contribution in [0, 0.1) is 6.92 Å². The minimum atomic E-state index is -3.26. The minimum absolute atomic E-state index is 0.0450. The van der Waals surface area contributed by atoms with Crippen LogP contribution in [0.15, 0.2) is 107 Å². The Labute approximate surface area is 223 Å². The van der Waals surface area contributed by atoms with Gasteiger partial charge in [0.2, 0.25) is 0 Å². The first-order valence-corrected chi connectivity index (χ1v) is 14.4. The van der Waals surface area contributed by atoms with Gasteiger partial charge in [-0.3, -0.25) is 0 Å². The molecule has 0 aromatic heterocycles. The van der Waals surface area contributed by atoms with Crippen LogP contribution in [0.5, 0.6) is 0 Å².